The Morgan fingerprint density at radius 3 is 0.562 bits per heavy atom. The average molecular weight is 1890 g/mol. The predicted octanol–water partition coefficient (Wildman–Crippen LogP) is 30.1. The first-order valence-corrected chi connectivity index (χ1v) is 48.5. The van der Waals surface area contributed by atoms with Crippen LogP contribution in [0.2, 0.25) is 0 Å². The van der Waals surface area contributed by atoms with Gasteiger partial charge in [0.25, 0.3) is 0 Å². The molecule has 26 rings (SSSR count). The number of para-hydroxylation sites is 1. The number of thiophene rings is 1. The summed E-state index contributed by atoms with van der Waals surface area (Å²) in [7, 11) is 0. The second-order valence-electron chi connectivity index (χ2n) is 34.4. The molecule has 0 saturated heterocycles. The first-order chi connectivity index (χ1) is 72.3. The molecule has 8 heterocycles. The molecule has 0 amide bonds. The Bertz CT molecular complexity index is 8660. The van der Waals surface area contributed by atoms with E-state index in [0.717, 1.165) is 133 Å². The normalized spacial score (nSPS) is 11.2. The Labute approximate surface area is 843 Å². The molecule has 8 aromatic heterocycles. The molecule has 0 aliphatic heterocycles. The van der Waals surface area contributed by atoms with Crippen LogP contribution in [0, 0.1) is 0 Å². The fraction of sp³-hybridized carbons (Fsp3) is 0. The number of fused-ring (bicyclic) bond motifs is 6. The van der Waals surface area contributed by atoms with Crippen molar-refractivity contribution in [2.24, 2.45) is 0 Å². The lowest BCUT2D eigenvalue weighted by Gasteiger charge is -2.11. The van der Waals surface area contributed by atoms with Crippen molar-refractivity contribution in [3.05, 3.63) is 485 Å². The van der Waals surface area contributed by atoms with Gasteiger partial charge in [-0.05, 0) is 53.6 Å². The van der Waals surface area contributed by atoms with Gasteiger partial charge in [-0.25, -0.2) is 89.7 Å². The Morgan fingerprint density at radius 2 is 0.281 bits per heavy atom. The number of aromatic nitrogens is 18. The van der Waals surface area contributed by atoms with Gasteiger partial charge in [-0.2, -0.15) is 0 Å². The summed E-state index contributed by atoms with van der Waals surface area (Å²) in [4.78, 5) is 88.7. The second kappa shape index (κ2) is 40.5. The monoisotopic (exact) mass is 1890 g/mol. The molecule has 0 N–H and O–H groups in total. The zero-order chi connectivity index (χ0) is 97.3. The maximum Gasteiger partial charge on any atom is 0.164 e. The van der Waals surface area contributed by atoms with E-state index in [-0.39, 0.29) is 0 Å². The number of hydrogen-bond donors (Lipinski definition) is 0. The summed E-state index contributed by atoms with van der Waals surface area (Å²) in [5.41, 5.74) is 19.9. The lowest BCUT2D eigenvalue weighted by molar-refractivity contribution is 0.669. The van der Waals surface area contributed by atoms with E-state index in [1.165, 1.54) is 20.2 Å². The molecule has 19 nitrogen and oxygen atoms in total. The zero-order valence-electron chi connectivity index (χ0n) is 78.1. The maximum absolute atomic E-state index is 6.20. The summed E-state index contributed by atoms with van der Waals surface area (Å²) < 4.78 is 8.66. The Morgan fingerprint density at radius 1 is 0.110 bits per heavy atom. The minimum Gasteiger partial charge on any atom is -0.456 e. The van der Waals surface area contributed by atoms with Gasteiger partial charge in [0, 0.05) is 131 Å². The third-order valence-electron chi connectivity index (χ3n) is 24.8. The zero-order valence-corrected chi connectivity index (χ0v) is 78.9. The van der Waals surface area contributed by atoms with Gasteiger partial charge in [-0.1, -0.05) is 443 Å². The fourth-order valence-corrected chi connectivity index (χ4v) is 18.5. The van der Waals surface area contributed by atoms with Crippen LogP contribution in [-0.4, -0.2) is 89.7 Å². The molecule has 20 heteroatoms. The number of benzene rings is 18. The van der Waals surface area contributed by atoms with E-state index in [0.29, 0.717) is 105 Å². The van der Waals surface area contributed by atoms with E-state index in [9.17, 15) is 0 Å². The Hall–Kier alpha value is -20.0. The van der Waals surface area contributed by atoms with Crippen LogP contribution < -0.4 is 0 Å². The van der Waals surface area contributed by atoms with Crippen LogP contribution >= 0.6 is 11.3 Å². The molecule has 0 aliphatic rings. The van der Waals surface area contributed by atoms with Gasteiger partial charge >= 0.3 is 0 Å². The van der Waals surface area contributed by atoms with Gasteiger partial charge in [0.15, 0.2) is 105 Å². The first-order valence-electron chi connectivity index (χ1n) is 47.6. The molecular formula is C126H80N18OS. The number of nitrogens with zero attached hydrogens (tertiary/aromatic N) is 18. The van der Waals surface area contributed by atoms with Crippen LogP contribution in [0.25, 0.3) is 258 Å². The molecule has 146 heavy (non-hydrogen) atoms. The van der Waals surface area contributed by atoms with E-state index >= 15 is 0 Å². The summed E-state index contributed by atoms with van der Waals surface area (Å²) in [6.45, 7) is 0. The summed E-state index contributed by atoms with van der Waals surface area (Å²) in [6.07, 6.45) is 0. The molecule has 0 aliphatic carbocycles. The van der Waals surface area contributed by atoms with Gasteiger partial charge in [0.05, 0.1) is 0 Å². The van der Waals surface area contributed by atoms with Gasteiger partial charge in [-0.15, -0.1) is 11.3 Å². The summed E-state index contributed by atoms with van der Waals surface area (Å²) in [5, 5.41) is 4.62. The highest BCUT2D eigenvalue weighted by atomic mass is 32.1. The molecule has 0 atom stereocenters. The van der Waals surface area contributed by atoms with Gasteiger partial charge < -0.3 is 4.42 Å². The smallest absolute Gasteiger partial charge is 0.164 e. The van der Waals surface area contributed by atoms with Gasteiger partial charge in [-0.3, -0.25) is 0 Å². The van der Waals surface area contributed by atoms with Crippen molar-refractivity contribution in [2.75, 3.05) is 0 Å². The SMILES string of the molecule is c1ccc(-c2ccc(-c3nc(-c4ccccc4)nc(-c4ccc(-c5nc(-c6ccccc6)nc(-c6ccccc6)n5)cc4)n3)cc2)cc1.c1ccc(-c2nc(-c3ccccc3)nc(-c3cccc(-c4nc(-c5ccccc5)nc(-c5ccc6c(c5)oc5ccccc56)n4)c3)n2)cc1.c1ccc(-c2nc(-c3ccccc3)nc(-c3cccc(-c4nc(-c5ccccc5)nc(-c5ccc6c(c5)sc5ccccc56)n4)c3)n2)cc1. The van der Waals surface area contributed by atoms with E-state index < -0.39 is 0 Å². The third kappa shape index (κ3) is 19.3. The van der Waals surface area contributed by atoms with Crippen LogP contribution in [0.5, 0.6) is 0 Å². The van der Waals surface area contributed by atoms with Crippen LogP contribution in [0.1, 0.15) is 0 Å². The molecule has 18 aromatic carbocycles. The molecule has 0 saturated carbocycles. The topological polar surface area (TPSA) is 245 Å². The average Bonchev–Trinajstić information content (AvgIpc) is 1.69. The van der Waals surface area contributed by atoms with Crippen molar-refractivity contribution >= 4 is 53.4 Å². The van der Waals surface area contributed by atoms with Crippen LogP contribution in [0.4, 0.5) is 0 Å². The number of furan rings is 1. The largest absolute Gasteiger partial charge is 0.456 e. The highest BCUT2D eigenvalue weighted by Gasteiger charge is 2.24. The van der Waals surface area contributed by atoms with Gasteiger partial charge in [0.2, 0.25) is 0 Å². The molecule has 0 radical (unpaired) electrons. The summed E-state index contributed by atoms with van der Waals surface area (Å²) >= 11 is 1.78. The standard InChI is InChI=1S/C42H26N6O.C42H26N6S.C42H28N6/c2*1-4-13-27(14-5-1)37-43-38(28-15-6-2-7-16-28)45-40(44-37)30-19-12-20-31(25-30)41-46-39(29-17-8-3-9-18-29)47-42(48-41)32-23-24-34-33-21-10-11-22-35(33)49-36(34)26-32;1-5-13-29(14-6-1)30-21-23-34(24-22-30)40-46-39(33-19-11-4-12-20-33)47-42(48-40)36-27-25-35(26-28-36)41-44-37(31-15-7-2-8-16-31)43-38(45-41)32-17-9-3-10-18-32/h2*1-26H;1-28H. The van der Waals surface area contributed by atoms with Crippen molar-refractivity contribution in [3.63, 3.8) is 0 Å². The molecular weight excluding hydrogens is 1810 g/mol. The Kier molecular flexibility index (Phi) is 24.6. The number of hydrogen-bond acceptors (Lipinski definition) is 20. The predicted molar refractivity (Wildman–Crippen MR) is 583 cm³/mol. The summed E-state index contributed by atoms with van der Waals surface area (Å²) in [6, 6.07) is 162. The van der Waals surface area contributed by atoms with E-state index in [4.69, 9.17) is 94.1 Å². The van der Waals surface area contributed by atoms with Crippen LogP contribution in [0.15, 0.2) is 490 Å². The minimum atomic E-state index is 0.538. The molecule has 686 valence electrons. The van der Waals surface area contributed by atoms with Crippen molar-refractivity contribution in [1.82, 2.24) is 89.7 Å². The first kappa shape index (κ1) is 88.7. The van der Waals surface area contributed by atoms with Crippen LogP contribution in [-0.2, 0) is 0 Å². The van der Waals surface area contributed by atoms with E-state index in [1.807, 2.05) is 394 Å². The quantitative estimate of drug-likeness (QED) is 0.0730. The highest BCUT2D eigenvalue weighted by Crippen LogP contribution is 2.41. The molecule has 0 spiro atoms. The van der Waals surface area contributed by atoms with Crippen molar-refractivity contribution in [1.29, 1.82) is 0 Å². The minimum absolute atomic E-state index is 0.538. The van der Waals surface area contributed by atoms with Crippen molar-refractivity contribution < 1.29 is 4.42 Å². The number of rotatable bonds is 19. The van der Waals surface area contributed by atoms with Crippen LogP contribution in [0.3, 0.4) is 0 Å². The molecule has 0 bridgehead atoms. The Balaban J connectivity index is 0.000000117. The van der Waals surface area contributed by atoms with E-state index in [2.05, 4.69) is 91.0 Å². The fourth-order valence-electron chi connectivity index (χ4n) is 17.4. The lowest BCUT2D eigenvalue weighted by Crippen LogP contribution is -2.01. The molecule has 26 aromatic rings. The molecule has 0 unspecified atom stereocenters. The third-order valence-corrected chi connectivity index (χ3v) is 25.9. The summed E-state index contributed by atoms with van der Waals surface area (Å²) in [5.74, 6) is 10.7. The van der Waals surface area contributed by atoms with E-state index in [1.54, 1.807) is 11.3 Å². The van der Waals surface area contributed by atoms with Crippen molar-refractivity contribution in [3.8, 4) is 216 Å². The van der Waals surface area contributed by atoms with Gasteiger partial charge in [0.1, 0.15) is 11.2 Å². The lowest BCUT2D eigenvalue weighted by atomic mass is 10.0. The molecule has 0 fully saturated rings. The maximum atomic E-state index is 6.20. The van der Waals surface area contributed by atoms with Crippen molar-refractivity contribution in [2.45, 2.75) is 0 Å². The second-order valence-corrected chi connectivity index (χ2v) is 35.5. The highest BCUT2D eigenvalue weighted by molar-refractivity contribution is 7.25.